The van der Waals surface area contributed by atoms with Gasteiger partial charge in [0.1, 0.15) is 0 Å². The molecule has 2 N–H and O–H groups in total. The normalized spacial score (nSPS) is 10.1. The van der Waals surface area contributed by atoms with Crippen LogP contribution in [-0.2, 0) is 11.2 Å². The fourth-order valence-corrected chi connectivity index (χ4v) is 1.73. The summed E-state index contributed by atoms with van der Waals surface area (Å²) in [4.78, 5) is 10.6. The van der Waals surface area contributed by atoms with Gasteiger partial charge in [-0.05, 0) is 18.6 Å². The molecule has 0 spiro atoms. The number of aromatic hydroxyl groups is 1. The highest BCUT2D eigenvalue weighted by Crippen LogP contribution is 2.37. The largest absolute Gasteiger partial charge is 0.504 e. The standard InChI is InChI=1S/C10H11BrO4/c1-5-6(3-9(12)13)10(14)8(15-2)4-7(5)11/h4,14H,3H2,1-2H3,(H,12,13). The molecule has 0 radical (unpaired) electrons. The number of carboxylic acid groups (broad SMARTS) is 1. The van der Waals surface area contributed by atoms with Gasteiger partial charge in [0.2, 0.25) is 0 Å². The maximum absolute atomic E-state index is 10.6. The van der Waals surface area contributed by atoms with Gasteiger partial charge in [-0.25, -0.2) is 0 Å². The molecule has 0 aliphatic carbocycles. The highest BCUT2D eigenvalue weighted by molar-refractivity contribution is 9.10. The third-order valence-electron chi connectivity index (χ3n) is 2.14. The van der Waals surface area contributed by atoms with Crippen molar-refractivity contribution in [3.05, 3.63) is 21.7 Å². The van der Waals surface area contributed by atoms with Crippen molar-refractivity contribution >= 4 is 21.9 Å². The van der Waals surface area contributed by atoms with Gasteiger partial charge < -0.3 is 14.9 Å². The molecule has 82 valence electrons. The van der Waals surface area contributed by atoms with Crippen LogP contribution in [0.2, 0.25) is 0 Å². The van der Waals surface area contributed by atoms with E-state index in [9.17, 15) is 9.90 Å². The highest BCUT2D eigenvalue weighted by Gasteiger charge is 2.16. The Bertz CT molecular complexity index is 401. The van der Waals surface area contributed by atoms with E-state index in [1.807, 2.05) is 0 Å². The molecule has 5 heteroatoms. The van der Waals surface area contributed by atoms with Crippen LogP contribution in [0, 0.1) is 6.92 Å². The SMILES string of the molecule is COc1cc(Br)c(C)c(CC(=O)O)c1O. The third kappa shape index (κ3) is 2.41. The summed E-state index contributed by atoms with van der Waals surface area (Å²) in [5.74, 6) is -0.835. The van der Waals surface area contributed by atoms with E-state index >= 15 is 0 Å². The van der Waals surface area contributed by atoms with Gasteiger partial charge in [-0.1, -0.05) is 15.9 Å². The van der Waals surface area contributed by atoms with Crippen molar-refractivity contribution in [2.45, 2.75) is 13.3 Å². The predicted octanol–water partition coefficient (Wildman–Crippen LogP) is 2.10. The number of methoxy groups -OCH3 is 1. The van der Waals surface area contributed by atoms with Crippen LogP contribution < -0.4 is 4.74 Å². The first-order valence-corrected chi connectivity index (χ1v) is 5.03. The number of ether oxygens (including phenoxy) is 1. The summed E-state index contributed by atoms with van der Waals surface area (Å²) in [6.45, 7) is 1.74. The van der Waals surface area contributed by atoms with Gasteiger partial charge in [0.15, 0.2) is 11.5 Å². The van der Waals surface area contributed by atoms with Crippen molar-refractivity contribution in [3.63, 3.8) is 0 Å². The summed E-state index contributed by atoms with van der Waals surface area (Å²) >= 11 is 3.28. The van der Waals surface area contributed by atoms with E-state index in [1.54, 1.807) is 13.0 Å². The molecule has 0 saturated carbocycles. The van der Waals surface area contributed by atoms with E-state index in [1.165, 1.54) is 7.11 Å². The minimum atomic E-state index is -0.992. The summed E-state index contributed by atoms with van der Waals surface area (Å²) in [5, 5.41) is 18.4. The molecular weight excluding hydrogens is 264 g/mol. The Morgan fingerprint density at radius 2 is 2.20 bits per heavy atom. The molecule has 15 heavy (non-hydrogen) atoms. The Labute approximate surface area is 95.6 Å². The average molecular weight is 275 g/mol. The molecule has 0 aromatic heterocycles. The van der Waals surface area contributed by atoms with Crippen LogP contribution in [0.25, 0.3) is 0 Å². The minimum Gasteiger partial charge on any atom is -0.504 e. The maximum Gasteiger partial charge on any atom is 0.307 e. The van der Waals surface area contributed by atoms with Gasteiger partial charge in [0.25, 0.3) is 0 Å². The lowest BCUT2D eigenvalue weighted by atomic mass is 10.0. The van der Waals surface area contributed by atoms with Gasteiger partial charge in [-0.3, -0.25) is 4.79 Å². The van der Waals surface area contributed by atoms with Gasteiger partial charge in [-0.2, -0.15) is 0 Å². The van der Waals surface area contributed by atoms with Crippen LogP contribution in [0.15, 0.2) is 10.5 Å². The van der Waals surface area contributed by atoms with E-state index in [0.717, 1.165) is 0 Å². The van der Waals surface area contributed by atoms with E-state index in [4.69, 9.17) is 9.84 Å². The molecule has 1 aromatic carbocycles. The second kappa shape index (κ2) is 4.53. The summed E-state index contributed by atoms with van der Waals surface area (Å²) in [6, 6.07) is 1.61. The second-order valence-electron chi connectivity index (χ2n) is 3.08. The van der Waals surface area contributed by atoms with E-state index in [0.29, 0.717) is 15.6 Å². The third-order valence-corrected chi connectivity index (χ3v) is 2.96. The van der Waals surface area contributed by atoms with Crippen molar-refractivity contribution < 1.29 is 19.7 Å². The lowest BCUT2D eigenvalue weighted by Gasteiger charge is -2.12. The summed E-state index contributed by atoms with van der Waals surface area (Å²) in [7, 11) is 1.42. The van der Waals surface area contributed by atoms with Gasteiger partial charge in [0.05, 0.1) is 13.5 Å². The van der Waals surface area contributed by atoms with Crippen molar-refractivity contribution in [1.82, 2.24) is 0 Å². The Balaban J connectivity index is 3.33. The first-order chi connectivity index (χ1) is 6.97. The van der Waals surface area contributed by atoms with Gasteiger partial charge in [0, 0.05) is 10.0 Å². The fraction of sp³-hybridized carbons (Fsp3) is 0.300. The smallest absolute Gasteiger partial charge is 0.307 e. The summed E-state index contributed by atoms with van der Waals surface area (Å²) < 4.78 is 5.65. The maximum atomic E-state index is 10.6. The molecule has 0 amide bonds. The zero-order valence-corrected chi connectivity index (χ0v) is 9.96. The number of carbonyl (C=O) groups is 1. The van der Waals surface area contributed by atoms with E-state index in [2.05, 4.69) is 15.9 Å². The monoisotopic (exact) mass is 274 g/mol. The zero-order valence-electron chi connectivity index (χ0n) is 8.37. The van der Waals surface area contributed by atoms with Crippen molar-refractivity contribution in [1.29, 1.82) is 0 Å². The fourth-order valence-electron chi connectivity index (χ4n) is 1.29. The molecule has 0 saturated heterocycles. The number of benzene rings is 1. The van der Waals surface area contributed by atoms with Crippen LogP contribution in [0.3, 0.4) is 0 Å². The van der Waals surface area contributed by atoms with Gasteiger partial charge in [-0.15, -0.1) is 0 Å². The van der Waals surface area contributed by atoms with Crippen LogP contribution in [0.5, 0.6) is 11.5 Å². The molecule has 1 aromatic rings. The second-order valence-corrected chi connectivity index (χ2v) is 3.94. The van der Waals surface area contributed by atoms with Gasteiger partial charge >= 0.3 is 5.97 Å². The van der Waals surface area contributed by atoms with Crippen molar-refractivity contribution in [3.8, 4) is 11.5 Å². The lowest BCUT2D eigenvalue weighted by molar-refractivity contribution is -0.136. The minimum absolute atomic E-state index is 0.111. The molecular formula is C10H11BrO4. The summed E-state index contributed by atoms with van der Waals surface area (Å²) in [5.41, 5.74) is 1.07. The summed E-state index contributed by atoms with van der Waals surface area (Å²) in [6.07, 6.45) is -0.229. The Hall–Kier alpha value is -1.23. The number of phenolic OH excluding ortho intramolecular Hbond substituents is 1. The van der Waals surface area contributed by atoms with Crippen LogP contribution >= 0.6 is 15.9 Å². The quantitative estimate of drug-likeness (QED) is 0.886. The topological polar surface area (TPSA) is 66.8 Å². The van der Waals surface area contributed by atoms with Crippen molar-refractivity contribution in [2.24, 2.45) is 0 Å². The van der Waals surface area contributed by atoms with E-state index < -0.39 is 5.97 Å². The molecule has 0 atom stereocenters. The molecule has 0 aliphatic heterocycles. The first kappa shape index (κ1) is 11.8. The number of hydrogen-bond donors (Lipinski definition) is 2. The molecule has 1 rings (SSSR count). The predicted molar refractivity (Wildman–Crippen MR) is 58.4 cm³/mol. The number of halogens is 1. The Morgan fingerprint density at radius 3 is 2.67 bits per heavy atom. The van der Waals surface area contributed by atoms with E-state index in [-0.39, 0.29) is 17.9 Å². The number of phenols is 1. The molecule has 0 heterocycles. The van der Waals surface area contributed by atoms with Crippen LogP contribution in [0.1, 0.15) is 11.1 Å². The highest BCUT2D eigenvalue weighted by atomic mass is 79.9. The Morgan fingerprint density at radius 1 is 1.60 bits per heavy atom. The number of hydrogen-bond acceptors (Lipinski definition) is 3. The molecule has 0 fully saturated rings. The average Bonchev–Trinajstić information content (AvgIpc) is 2.18. The number of carboxylic acids is 1. The van der Waals surface area contributed by atoms with Crippen LogP contribution in [0.4, 0.5) is 0 Å². The first-order valence-electron chi connectivity index (χ1n) is 4.24. The lowest BCUT2D eigenvalue weighted by Crippen LogP contribution is -2.03. The molecule has 0 bridgehead atoms. The van der Waals surface area contributed by atoms with Crippen LogP contribution in [-0.4, -0.2) is 23.3 Å². The Kier molecular flexibility index (Phi) is 3.57. The number of aliphatic carboxylic acids is 1. The molecule has 4 nitrogen and oxygen atoms in total. The van der Waals surface area contributed by atoms with Crippen molar-refractivity contribution in [2.75, 3.05) is 7.11 Å². The molecule has 0 unspecified atom stereocenters. The molecule has 0 aliphatic rings. The zero-order chi connectivity index (χ0) is 11.6. The number of rotatable bonds is 3.